The van der Waals surface area contributed by atoms with E-state index in [1.165, 1.54) is 11.1 Å². The Bertz CT molecular complexity index is 581. The van der Waals surface area contributed by atoms with Gasteiger partial charge in [-0.1, -0.05) is 60.2 Å². The summed E-state index contributed by atoms with van der Waals surface area (Å²) < 4.78 is 0. The van der Waals surface area contributed by atoms with E-state index in [4.69, 9.17) is 5.73 Å². The zero-order valence-electron chi connectivity index (χ0n) is 12.4. The molecule has 0 aliphatic heterocycles. The maximum atomic E-state index is 11.9. The predicted octanol–water partition coefficient (Wildman–Crippen LogP) is 2.74. The fourth-order valence-corrected chi connectivity index (χ4v) is 2.30. The van der Waals surface area contributed by atoms with Crippen LogP contribution in [0.4, 0.5) is 0 Å². The number of aryl methyl sites for hydroxylation is 1. The molecule has 0 spiro atoms. The summed E-state index contributed by atoms with van der Waals surface area (Å²) in [6.07, 6.45) is 1.16. The molecule has 110 valence electrons. The molecule has 0 saturated carbocycles. The van der Waals surface area contributed by atoms with Crippen LogP contribution in [0.3, 0.4) is 0 Å². The van der Waals surface area contributed by atoms with Crippen LogP contribution in [0.2, 0.25) is 0 Å². The van der Waals surface area contributed by atoms with Crippen LogP contribution in [0.5, 0.6) is 0 Å². The molecule has 2 aromatic carbocycles. The monoisotopic (exact) mass is 282 g/mol. The molecular weight excluding hydrogens is 260 g/mol. The van der Waals surface area contributed by atoms with Gasteiger partial charge in [0.2, 0.25) is 5.91 Å². The van der Waals surface area contributed by atoms with Gasteiger partial charge in [-0.05, 0) is 24.5 Å². The molecule has 0 bridgehead atoms. The highest BCUT2D eigenvalue weighted by Crippen LogP contribution is 2.12. The van der Waals surface area contributed by atoms with Gasteiger partial charge in [-0.3, -0.25) is 4.79 Å². The van der Waals surface area contributed by atoms with Crippen molar-refractivity contribution in [2.24, 2.45) is 5.73 Å². The maximum absolute atomic E-state index is 11.9. The summed E-state index contributed by atoms with van der Waals surface area (Å²) in [6.45, 7) is 2.71. The number of nitrogens with two attached hydrogens (primary N) is 1. The van der Waals surface area contributed by atoms with Crippen LogP contribution < -0.4 is 11.1 Å². The molecule has 0 aromatic heterocycles. The van der Waals surface area contributed by atoms with Crippen molar-refractivity contribution in [3.05, 3.63) is 71.3 Å². The molecule has 1 amide bonds. The standard InChI is InChI=1S/C18H22N2O/c1-14-6-5-7-15(12-14)10-11-20-18(21)13-17(19)16-8-3-2-4-9-16/h2-9,12,17H,10-11,13,19H2,1H3,(H,20,21). The molecule has 0 saturated heterocycles. The summed E-state index contributed by atoms with van der Waals surface area (Å²) in [4.78, 5) is 11.9. The minimum absolute atomic E-state index is 0.000920. The smallest absolute Gasteiger partial charge is 0.221 e. The van der Waals surface area contributed by atoms with E-state index in [9.17, 15) is 4.79 Å². The van der Waals surface area contributed by atoms with Crippen molar-refractivity contribution in [2.45, 2.75) is 25.8 Å². The molecule has 3 N–H and O–H groups in total. The molecule has 2 aromatic rings. The van der Waals surface area contributed by atoms with Crippen LogP contribution in [0.25, 0.3) is 0 Å². The van der Waals surface area contributed by atoms with E-state index in [1.54, 1.807) is 0 Å². The first kappa shape index (κ1) is 15.3. The van der Waals surface area contributed by atoms with Crippen LogP contribution >= 0.6 is 0 Å². The van der Waals surface area contributed by atoms with E-state index in [0.717, 1.165) is 12.0 Å². The van der Waals surface area contributed by atoms with Gasteiger partial charge in [0.15, 0.2) is 0 Å². The topological polar surface area (TPSA) is 55.1 Å². The molecule has 0 heterocycles. The van der Waals surface area contributed by atoms with Crippen molar-refractivity contribution in [1.29, 1.82) is 0 Å². The zero-order chi connectivity index (χ0) is 15.1. The lowest BCUT2D eigenvalue weighted by Crippen LogP contribution is -2.29. The number of amides is 1. The molecular formula is C18H22N2O. The minimum atomic E-state index is -0.245. The number of hydrogen-bond donors (Lipinski definition) is 2. The number of carbonyl (C=O) groups excluding carboxylic acids is 1. The van der Waals surface area contributed by atoms with Crippen LogP contribution in [-0.4, -0.2) is 12.5 Å². The van der Waals surface area contributed by atoms with Gasteiger partial charge in [0.1, 0.15) is 0 Å². The fourth-order valence-electron chi connectivity index (χ4n) is 2.30. The largest absolute Gasteiger partial charge is 0.356 e. The highest BCUT2D eigenvalue weighted by atomic mass is 16.1. The second-order valence-corrected chi connectivity index (χ2v) is 5.31. The molecule has 0 radical (unpaired) electrons. The van der Waals surface area contributed by atoms with E-state index in [0.29, 0.717) is 13.0 Å². The van der Waals surface area contributed by atoms with E-state index in [1.807, 2.05) is 36.4 Å². The lowest BCUT2D eigenvalue weighted by atomic mass is 10.0. The number of carbonyl (C=O) groups is 1. The molecule has 0 fully saturated rings. The third-order valence-electron chi connectivity index (χ3n) is 3.45. The molecule has 1 unspecified atom stereocenters. The SMILES string of the molecule is Cc1cccc(CCNC(=O)CC(N)c2ccccc2)c1. The first-order valence-electron chi connectivity index (χ1n) is 7.28. The highest BCUT2D eigenvalue weighted by Gasteiger charge is 2.10. The summed E-state index contributed by atoms with van der Waals surface area (Å²) in [5, 5.41) is 2.93. The second-order valence-electron chi connectivity index (χ2n) is 5.31. The Morgan fingerprint density at radius 3 is 2.62 bits per heavy atom. The average Bonchev–Trinajstić information content (AvgIpc) is 2.48. The summed E-state index contributed by atoms with van der Waals surface area (Å²) >= 11 is 0. The third kappa shape index (κ3) is 5.04. The maximum Gasteiger partial charge on any atom is 0.221 e. The normalized spacial score (nSPS) is 11.9. The third-order valence-corrected chi connectivity index (χ3v) is 3.45. The first-order valence-corrected chi connectivity index (χ1v) is 7.28. The quantitative estimate of drug-likeness (QED) is 0.856. The second kappa shape index (κ2) is 7.60. The Morgan fingerprint density at radius 2 is 1.90 bits per heavy atom. The van der Waals surface area contributed by atoms with E-state index >= 15 is 0 Å². The fraction of sp³-hybridized carbons (Fsp3) is 0.278. The Balaban J connectivity index is 1.75. The van der Waals surface area contributed by atoms with Gasteiger partial charge in [0, 0.05) is 19.0 Å². The Hall–Kier alpha value is -2.13. The lowest BCUT2D eigenvalue weighted by molar-refractivity contribution is -0.121. The molecule has 21 heavy (non-hydrogen) atoms. The van der Waals surface area contributed by atoms with E-state index < -0.39 is 0 Å². The predicted molar refractivity (Wildman–Crippen MR) is 85.9 cm³/mol. The Labute approximate surface area is 126 Å². The van der Waals surface area contributed by atoms with Crippen molar-refractivity contribution in [2.75, 3.05) is 6.54 Å². The minimum Gasteiger partial charge on any atom is -0.356 e. The van der Waals surface area contributed by atoms with Crippen LogP contribution in [0.15, 0.2) is 54.6 Å². The van der Waals surface area contributed by atoms with Gasteiger partial charge in [0.25, 0.3) is 0 Å². The highest BCUT2D eigenvalue weighted by molar-refractivity contribution is 5.76. The van der Waals surface area contributed by atoms with Crippen molar-refractivity contribution in [3.63, 3.8) is 0 Å². The molecule has 0 aliphatic carbocycles. The summed E-state index contributed by atoms with van der Waals surface area (Å²) in [5.41, 5.74) is 9.51. The number of nitrogens with one attached hydrogen (secondary N) is 1. The molecule has 0 aliphatic rings. The summed E-state index contributed by atoms with van der Waals surface area (Å²) in [5.74, 6) is -0.000920. The van der Waals surface area contributed by atoms with Crippen LogP contribution in [-0.2, 0) is 11.2 Å². The van der Waals surface area contributed by atoms with Gasteiger partial charge in [-0.15, -0.1) is 0 Å². The Kier molecular flexibility index (Phi) is 5.52. The van der Waals surface area contributed by atoms with Crippen molar-refractivity contribution >= 4 is 5.91 Å². The van der Waals surface area contributed by atoms with Crippen molar-refractivity contribution in [1.82, 2.24) is 5.32 Å². The zero-order valence-corrected chi connectivity index (χ0v) is 12.4. The van der Waals surface area contributed by atoms with Gasteiger partial charge in [-0.2, -0.15) is 0 Å². The molecule has 3 nitrogen and oxygen atoms in total. The summed E-state index contributed by atoms with van der Waals surface area (Å²) in [7, 11) is 0. The van der Waals surface area contributed by atoms with E-state index in [-0.39, 0.29) is 11.9 Å². The van der Waals surface area contributed by atoms with Crippen LogP contribution in [0, 0.1) is 6.92 Å². The molecule has 3 heteroatoms. The van der Waals surface area contributed by atoms with Gasteiger partial charge in [-0.25, -0.2) is 0 Å². The van der Waals surface area contributed by atoms with Crippen LogP contribution in [0.1, 0.15) is 29.2 Å². The first-order chi connectivity index (χ1) is 10.1. The van der Waals surface area contributed by atoms with Crippen molar-refractivity contribution < 1.29 is 4.79 Å². The average molecular weight is 282 g/mol. The number of rotatable bonds is 6. The number of hydrogen-bond acceptors (Lipinski definition) is 2. The summed E-state index contributed by atoms with van der Waals surface area (Å²) in [6, 6.07) is 17.8. The molecule has 1 atom stereocenters. The van der Waals surface area contributed by atoms with Gasteiger partial charge >= 0.3 is 0 Å². The Morgan fingerprint density at radius 1 is 1.14 bits per heavy atom. The lowest BCUT2D eigenvalue weighted by Gasteiger charge is -2.12. The number of benzene rings is 2. The van der Waals surface area contributed by atoms with Gasteiger partial charge < -0.3 is 11.1 Å². The molecule has 2 rings (SSSR count). The van der Waals surface area contributed by atoms with E-state index in [2.05, 4.69) is 30.4 Å². The van der Waals surface area contributed by atoms with Crippen molar-refractivity contribution in [3.8, 4) is 0 Å². The van der Waals surface area contributed by atoms with Gasteiger partial charge in [0.05, 0.1) is 0 Å².